The van der Waals surface area contributed by atoms with Crippen molar-refractivity contribution in [3.05, 3.63) is 16.1 Å². The summed E-state index contributed by atoms with van der Waals surface area (Å²) < 4.78 is 0. The third-order valence-corrected chi connectivity index (χ3v) is 4.01. The standard InChI is InChI=1S/C14H26N2OS/c1-10(2)13-16-8-12(18-13)7-15-11(9-17)6-14(3,4)5/h8,10-11,15,17H,6-7,9H2,1-5H3. The number of rotatable bonds is 6. The van der Waals surface area contributed by atoms with E-state index >= 15 is 0 Å². The molecule has 0 aliphatic rings. The summed E-state index contributed by atoms with van der Waals surface area (Å²) >= 11 is 1.76. The third kappa shape index (κ3) is 5.46. The molecular weight excluding hydrogens is 244 g/mol. The van der Waals surface area contributed by atoms with E-state index in [1.54, 1.807) is 11.3 Å². The second-order valence-electron chi connectivity index (χ2n) is 6.34. The van der Waals surface area contributed by atoms with Crippen molar-refractivity contribution in [1.82, 2.24) is 10.3 Å². The molecule has 104 valence electrons. The van der Waals surface area contributed by atoms with E-state index in [0.29, 0.717) is 5.92 Å². The Kier molecular flexibility index (Phi) is 5.76. The van der Waals surface area contributed by atoms with Crippen LogP contribution in [0.25, 0.3) is 0 Å². The highest BCUT2D eigenvalue weighted by Crippen LogP contribution is 2.23. The molecule has 0 aliphatic carbocycles. The maximum atomic E-state index is 9.39. The smallest absolute Gasteiger partial charge is 0.0953 e. The zero-order valence-corrected chi connectivity index (χ0v) is 13.0. The molecule has 0 bridgehead atoms. The highest BCUT2D eigenvalue weighted by atomic mass is 32.1. The van der Waals surface area contributed by atoms with Crippen LogP contribution in [0.2, 0.25) is 0 Å². The largest absolute Gasteiger partial charge is 0.395 e. The fourth-order valence-electron chi connectivity index (χ4n) is 1.86. The lowest BCUT2D eigenvalue weighted by atomic mass is 9.88. The molecule has 0 spiro atoms. The molecule has 1 unspecified atom stereocenters. The Morgan fingerprint density at radius 1 is 1.39 bits per heavy atom. The van der Waals surface area contributed by atoms with E-state index in [1.165, 1.54) is 9.88 Å². The van der Waals surface area contributed by atoms with Crippen molar-refractivity contribution in [2.24, 2.45) is 5.41 Å². The first-order valence-corrected chi connectivity index (χ1v) is 7.42. The topological polar surface area (TPSA) is 45.2 Å². The number of hydrogen-bond donors (Lipinski definition) is 2. The zero-order chi connectivity index (χ0) is 13.8. The van der Waals surface area contributed by atoms with Gasteiger partial charge in [-0.1, -0.05) is 34.6 Å². The number of aromatic nitrogens is 1. The first-order chi connectivity index (χ1) is 8.31. The average molecular weight is 270 g/mol. The zero-order valence-electron chi connectivity index (χ0n) is 12.2. The Balaban J connectivity index is 2.47. The van der Waals surface area contributed by atoms with Gasteiger partial charge in [-0.3, -0.25) is 0 Å². The van der Waals surface area contributed by atoms with Gasteiger partial charge in [-0.05, 0) is 11.8 Å². The molecule has 0 fully saturated rings. The fraction of sp³-hybridized carbons (Fsp3) is 0.786. The normalized spacial score (nSPS) is 14.2. The van der Waals surface area contributed by atoms with Crippen molar-refractivity contribution in [3.63, 3.8) is 0 Å². The lowest BCUT2D eigenvalue weighted by molar-refractivity contribution is 0.198. The lowest BCUT2D eigenvalue weighted by Crippen LogP contribution is -2.35. The molecule has 0 aromatic carbocycles. The minimum Gasteiger partial charge on any atom is -0.395 e. The van der Waals surface area contributed by atoms with Gasteiger partial charge in [-0.2, -0.15) is 0 Å². The minimum absolute atomic E-state index is 0.162. The van der Waals surface area contributed by atoms with Crippen LogP contribution in [0, 0.1) is 5.41 Å². The Morgan fingerprint density at radius 2 is 2.06 bits per heavy atom. The maximum absolute atomic E-state index is 9.39. The number of nitrogens with zero attached hydrogens (tertiary/aromatic N) is 1. The Bertz CT molecular complexity index is 355. The van der Waals surface area contributed by atoms with Crippen LogP contribution in [0.15, 0.2) is 6.20 Å². The van der Waals surface area contributed by atoms with Crippen LogP contribution < -0.4 is 5.32 Å². The van der Waals surface area contributed by atoms with Crippen molar-refractivity contribution in [1.29, 1.82) is 0 Å². The van der Waals surface area contributed by atoms with E-state index in [4.69, 9.17) is 0 Å². The van der Waals surface area contributed by atoms with Gasteiger partial charge in [0.1, 0.15) is 0 Å². The summed E-state index contributed by atoms with van der Waals surface area (Å²) in [5, 5.41) is 14.0. The molecule has 1 heterocycles. The summed E-state index contributed by atoms with van der Waals surface area (Å²) in [6.45, 7) is 11.9. The third-order valence-electron chi connectivity index (χ3n) is 2.71. The molecule has 4 heteroatoms. The van der Waals surface area contributed by atoms with E-state index < -0.39 is 0 Å². The number of hydrogen-bond acceptors (Lipinski definition) is 4. The molecule has 0 saturated heterocycles. The predicted octanol–water partition coefficient (Wildman–Crippen LogP) is 3.15. The van der Waals surface area contributed by atoms with Crippen LogP contribution in [0.3, 0.4) is 0 Å². The second kappa shape index (κ2) is 6.64. The lowest BCUT2D eigenvalue weighted by Gasteiger charge is -2.25. The van der Waals surface area contributed by atoms with Gasteiger partial charge in [0.25, 0.3) is 0 Å². The van der Waals surface area contributed by atoms with Crippen LogP contribution in [-0.2, 0) is 6.54 Å². The summed E-state index contributed by atoms with van der Waals surface area (Å²) in [6.07, 6.45) is 2.91. The molecule has 0 saturated carbocycles. The Hall–Kier alpha value is -0.450. The minimum atomic E-state index is 0.162. The van der Waals surface area contributed by atoms with Gasteiger partial charge in [0, 0.05) is 29.6 Å². The summed E-state index contributed by atoms with van der Waals surface area (Å²) in [5.41, 5.74) is 0.233. The van der Waals surface area contributed by atoms with E-state index in [9.17, 15) is 5.11 Å². The van der Waals surface area contributed by atoms with Gasteiger partial charge in [0.2, 0.25) is 0 Å². The van der Waals surface area contributed by atoms with Gasteiger partial charge in [0.05, 0.1) is 11.6 Å². The summed E-state index contributed by atoms with van der Waals surface area (Å²) in [7, 11) is 0. The van der Waals surface area contributed by atoms with E-state index in [1.807, 2.05) is 6.20 Å². The summed E-state index contributed by atoms with van der Waals surface area (Å²) in [6, 6.07) is 0.162. The maximum Gasteiger partial charge on any atom is 0.0953 e. The van der Waals surface area contributed by atoms with Gasteiger partial charge in [-0.25, -0.2) is 4.98 Å². The predicted molar refractivity (Wildman–Crippen MR) is 78.0 cm³/mol. The van der Waals surface area contributed by atoms with Crippen molar-refractivity contribution in [2.75, 3.05) is 6.61 Å². The van der Waals surface area contributed by atoms with Crippen LogP contribution in [0.1, 0.15) is 56.8 Å². The molecule has 2 N–H and O–H groups in total. The van der Waals surface area contributed by atoms with Gasteiger partial charge in [0.15, 0.2) is 0 Å². The van der Waals surface area contributed by atoms with E-state index in [2.05, 4.69) is 44.9 Å². The quantitative estimate of drug-likeness (QED) is 0.834. The highest BCUT2D eigenvalue weighted by Gasteiger charge is 2.18. The molecular formula is C14H26N2OS. The first kappa shape index (κ1) is 15.6. The van der Waals surface area contributed by atoms with Crippen molar-refractivity contribution >= 4 is 11.3 Å². The van der Waals surface area contributed by atoms with Gasteiger partial charge >= 0.3 is 0 Å². The molecule has 1 aromatic rings. The molecule has 0 amide bonds. The monoisotopic (exact) mass is 270 g/mol. The Morgan fingerprint density at radius 3 is 2.50 bits per heavy atom. The van der Waals surface area contributed by atoms with E-state index in [0.717, 1.165) is 13.0 Å². The molecule has 0 radical (unpaired) electrons. The molecule has 3 nitrogen and oxygen atoms in total. The highest BCUT2D eigenvalue weighted by molar-refractivity contribution is 7.11. The molecule has 0 aliphatic heterocycles. The molecule has 1 aromatic heterocycles. The van der Waals surface area contributed by atoms with Crippen molar-refractivity contribution in [3.8, 4) is 0 Å². The fourth-order valence-corrected chi connectivity index (χ4v) is 2.73. The Labute approximate surface area is 115 Å². The summed E-state index contributed by atoms with van der Waals surface area (Å²) in [5.74, 6) is 0.493. The number of aliphatic hydroxyl groups excluding tert-OH is 1. The van der Waals surface area contributed by atoms with Crippen LogP contribution in [-0.4, -0.2) is 22.7 Å². The van der Waals surface area contributed by atoms with Gasteiger partial charge < -0.3 is 10.4 Å². The summed E-state index contributed by atoms with van der Waals surface area (Å²) in [4.78, 5) is 5.65. The molecule has 1 atom stereocenters. The molecule has 18 heavy (non-hydrogen) atoms. The van der Waals surface area contributed by atoms with Crippen molar-refractivity contribution < 1.29 is 5.11 Å². The van der Waals surface area contributed by atoms with Crippen LogP contribution >= 0.6 is 11.3 Å². The van der Waals surface area contributed by atoms with Crippen molar-refractivity contribution in [2.45, 2.75) is 59.5 Å². The SMILES string of the molecule is CC(C)c1ncc(CNC(CO)CC(C)(C)C)s1. The number of nitrogens with one attached hydrogen (secondary N) is 1. The molecule has 1 rings (SSSR count). The number of thiazole rings is 1. The number of aliphatic hydroxyl groups is 1. The van der Waals surface area contributed by atoms with Crippen LogP contribution in [0.5, 0.6) is 0 Å². The first-order valence-electron chi connectivity index (χ1n) is 6.60. The van der Waals surface area contributed by atoms with Crippen LogP contribution in [0.4, 0.5) is 0 Å². The average Bonchev–Trinajstić information content (AvgIpc) is 2.71. The van der Waals surface area contributed by atoms with E-state index in [-0.39, 0.29) is 18.1 Å². The van der Waals surface area contributed by atoms with Gasteiger partial charge in [-0.15, -0.1) is 11.3 Å². The second-order valence-corrected chi connectivity index (χ2v) is 7.49.